The highest BCUT2D eigenvalue weighted by Crippen LogP contribution is 2.30. The lowest BCUT2D eigenvalue weighted by Crippen LogP contribution is -2.32. The molecule has 4 rings (SSSR count). The first-order valence-corrected chi connectivity index (χ1v) is 9.63. The van der Waals surface area contributed by atoms with Gasteiger partial charge < -0.3 is 9.64 Å². The number of nitrogens with zero attached hydrogens (tertiary/aromatic N) is 3. The van der Waals surface area contributed by atoms with Crippen LogP contribution in [-0.4, -0.2) is 33.7 Å². The van der Waals surface area contributed by atoms with E-state index in [0.717, 1.165) is 41.2 Å². The number of ether oxygens (including phenoxy) is 1. The molecule has 1 aliphatic carbocycles. The van der Waals surface area contributed by atoms with Crippen LogP contribution in [0.4, 0.5) is 0 Å². The van der Waals surface area contributed by atoms with Gasteiger partial charge in [0.05, 0.1) is 18.5 Å². The summed E-state index contributed by atoms with van der Waals surface area (Å²) in [5.41, 5.74) is 4.86. The quantitative estimate of drug-likeness (QED) is 0.645. The Morgan fingerprint density at radius 1 is 1.11 bits per heavy atom. The maximum absolute atomic E-state index is 13.2. The Kier molecular flexibility index (Phi) is 4.90. The third kappa shape index (κ3) is 3.79. The standard InChI is InChI=1S/C23H25N3O2/c1-16-14-17(2)26(24-16)21-8-6-19(7-9-21)23(27)25(20-10-11-20)15-18-4-12-22(28-3)13-5-18/h4-9,12-14,20H,10-11,15H2,1-3H3. The average Bonchev–Trinajstić information content (AvgIpc) is 3.50. The van der Waals surface area contributed by atoms with Crippen LogP contribution in [0, 0.1) is 13.8 Å². The minimum absolute atomic E-state index is 0.0817. The Morgan fingerprint density at radius 3 is 2.32 bits per heavy atom. The topological polar surface area (TPSA) is 47.4 Å². The van der Waals surface area contributed by atoms with Crippen LogP contribution in [0.15, 0.2) is 54.6 Å². The summed E-state index contributed by atoms with van der Waals surface area (Å²) in [6.45, 7) is 4.63. The molecule has 0 bridgehead atoms. The van der Waals surface area contributed by atoms with Crippen molar-refractivity contribution in [3.8, 4) is 11.4 Å². The number of amides is 1. The van der Waals surface area contributed by atoms with Crippen LogP contribution in [0.5, 0.6) is 5.75 Å². The number of aromatic nitrogens is 2. The minimum Gasteiger partial charge on any atom is -0.497 e. The lowest BCUT2D eigenvalue weighted by Gasteiger charge is -2.23. The van der Waals surface area contributed by atoms with Gasteiger partial charge >= 0.3 is 0 Å². The lowest BCUT2D eigenvalue weighted by molar-refractivity contribution is 0.0730. The molecule has 2 aromatic carbocycles. The van der Waals surface area contributed by atoms with E-state index in [4.69, 9.17) is 4.74 Å². The van der Waals surface area contributed by atoms with Gasteiger partial charge in [0, 0.05) is 23.8 Å². The summed E-state index contributed by atoms with van der Waals surface area (Å²) in [4.78, 5) is 15.1. The number of rotatable bonds is 6. The monoisotopic (exact) mass is 375 g/mol. The van der Waals surface area contributed by atoms with Gasteiger partial charge in [-0.25, -0.2) is 4.68 Å². The summed E-state index contributed by atoms with van der Waals surface area (Å²) in [6.07, 6.45) is 2.15. The molecule has 5 nitrogen and oxygen atoms in total. The molecule has 0 atom stereocenters. The highest BCUT2D eigenvalue weighted by molar-refractivity contribution is 5.94. The van der Waals surface area contributed by atoms with Gasteiger partial charge in [-0.05, 0) is 74.7 Å². The first kappa shape index (κ1) is 18.3. The summed E-state index contributed by atoms with van der Waals surface area (Å²) in [5.74, 6) is 0.908. The fourth-order valence-electron chi connectivity index (χ4n) is 3.48. The Hall–Kier alpha value is -3.08. The molecule has 3 aromatic rings. The van der Waals surface area contributed by atoms with Gasteiger partial charge in [0.2, 0.25) is 0 Å². The molecule has 1 saturated carbocycles. The normalized spacial score (nSPS) is 13.4. The van der Waals surface area contributed by atoms with Crippen molar-refractivity contribution in [1.29, 1.82) is 0 Å². The predicted molar refractivity (Wildman–Crippen MR) is 109 cm³/mol. The van der Waals surface area contributed by atoms with Crippen LogP contribution in [0.3, 0.4) is 0 Å². The van der Waals surface area contributed by atoms with E-state index in [-0.39, 0.29) is 5.91 Å². The predicted octanol–water partition coefficient (Wildman–Crippen LogP) is 4.30. The fraction of sp³-hybridized carbons (Fsp3) is 0.304. The highest BCUT2D eigenvalue weighted by atomic mass is 16.5. The molecule has 5 heteroatoms. The van der Waals surface area contributed by atoms with Crippen molar-refractivity contribution >= 4 is 5.91 Å². The van der Waals surface area contributed by atoms with Gasteiger partial charge in [-0.2, -0.15) is 5.10 Å². The molecular weight excluding hydrogens is 350 g/mol. The molecule has 144 valence electrons. The zero-order valence-corrected chi connectivity index (χ0v) is 16.6. The van der Waals surface area contributed by atoms with Gasteiger partial charge in [-0.1, -0.05) is 12.1 Å². The molecule has 1 fully saturated rings. The maximum Gasteiger partial charge on any atom is 0.254 e. The van der Waals surface area contributed by atoms with Crippen LogP contribution in [0.1, 0.15) is 40.2 Å². The number of benzene rings is 2. The Labute approximate surface area is 165 Å². The average molecular weight is 375 g/mol. The van der Waals surface area contributed by atoms with Gasteiger partial charge in [-0.3, -0.25) is 4.79 Å². The lowest BCUT2D eigenvalue weighted by atomic mass is 10.1. The molecule has 1 aromatic heterocycles. The van der Waals surface area contributed by atoms with Crippen molar-refractivity contribution in [3.63, 3.8) is 0 Å². The van der Waals surface area contributed by atoms with E-state index in [1.54, 1.807) is 7.11 Å². The van der Waals surface area contributed by atoms with Gasteiger partial charge in [0.1, 0.15) is 5.75 Å². The van der Waals surface area contributed by atoms with Crippen LogP contribution >= 0.6 is 0 Å². The maximum atomic E-state index is 13.2. The fourth-order valence-corrected chi connectivity index (χ4v) is 3.48. The molecule has 1 amide bonds. The molecule has 1 aliphatic rings. The minimum atomic E-state index is 0.0817. The number of hydrogen-bond donors (Lipinski definition) is 0. The third-order valence-corrected chi connectivity index (χ3v) is 5.13. The summed E-state index contributed by atoms with van der Waals surface area (Å²) >= 11 is 0. The van der Waals surface area contributed by atoms with E-state index < -0.39 is 0 Å². The van der Waals surface area contributed by atoms with E-state index in [1.165, 1.54) is 0 Å². The second-order valence-electron chi connectivity index (χ2n) is 7.40. The molecule has 1 heterocycles. The first-order valence-electron chi connectivity index (χ1n) is 9.63. The summed E-state index contributed by atoms with van der Waals surface area (Å²) in [6, 6.07) is 18.0. The number of methoxy groups -OCH3 is 1. The second-order valence-corrected chi connectivity index (χ2v) is 7.40. The molecule has 0 saturated heterocycles. The zero-order chi connectivity index (χ0) is 19.7. The van der Waals surface area contributed by atoms with Crippen LogP contribution in [-0.2, 0) is 6.54 Å². The van der Waals surface area contributed by atoms with Crippen molar-refractivity contribution in [3.05, 3.63) is 77.1 Å². The number of hydrogen-bond acceptors (Lipinski definition) is 3. The Balaban J connectivity index is 1.53. The number of aryl methyl sites for hydroxylation is 2. The van der Waals surface area contributed by atoms with E-state index in [2.05, 4.69) is 5.10 Å². The van der Waals surface area contributed by atoms with E-state index in [1.807, 2.05) is 78.0 Å². The summed E-state index contributed by atoms with van der Waals surface area (Å²) in [5, 5.41) is 4.51. The summed E-state index contributed by atoms with van der Waals surface area (Å²) in [7, 11) is 1.66. The first-order chi connectivity index (χ1) is 13.5. The zero-order valence-electron chi connectivity index (χ0n) is 16.6. The Morgan fingerprint density at radius 2 is 1.79 bits per heavy atom. The van der Waals surface area contributed by atoms with Crippen molar-refractivity contribution in [1.82, 2.24) is 14.7 Å². The van der Waals surface area contributed by atoms with Crippen LogP contribution in [0.2, 0.25) is 0 Å². The van der Waals surface area contributed by atoms with Gasteiger partial charge in [0.25, 0.3) is 5.91 Å². The largest absolute Gasteiger partial charge is 0.497 e. The van der Waals surface area contributed by atoms with Crippen molar-refractivity contribution < 1.29 is 9.53 Å². The molecule has 0 aliphatic heterocycles. The van der Waals surface area contributed by atoms with Crippen molar-refractivity contribution in [2.75, 3.05) is 7.11 Å². The molecular formula is C23H25N3O2. The Bertz CT molecular complexity index is 970. The molecule has 28 heavy (non-hydrogen) atoms. The van der Waals surface area contributed by atoms with Crippen molar-refractivity contribution in [2.45, 2.75) is 39.3 Å². The van der Waals surface area contributed by atoms with Crippen molar-refractivity contribution in [2.24, 2.45) is 0 Å². The third-order valence-electron chi connectivity index (χ3n) is 5.13. The molecule has 0 N–H and O–H groups in total. The van der Waals surface area contributed by atoms with Gasteiger partial charge in [-0.15, -0.1) is 0 Å². The van der Waals surface area contributed by atoms with E-state index in [9.17, 15) is 4.79 Å². The van der Waals surface area contributed by atoms with Crippen LogP contribution < -0.4 is 4.74 Å². The highest BCUT2D eigenvalue weighted by Gasteiger charge is 2.33. The van der Waals surface area contributed by atoms with E-state index >= 15 is 0 Å². The number of carbonyl (C=O) groups is 1. The smallest absolute Gasteiger partial charge is 0.254 e. The summed E-state index contributed by atoms with van der Waals surface area (Å²) < 4.78 is 7.12. The molecule has 0 radical (unpaired) electrons. The van der Waals surface area contributed by atoms with E-state index in [0.29, 0.717) is 18.2 Å². The van der Waals surface area contributed by atoms with Gasteiger partial charge in [0.15, 0.2) is 0 Å². The molecule has 0 spiro atoms. The van der Waals surface area contributed by atoms with Crippen LogP contribution in [0.25, 0.3) is 5.69 Å². The SMILES string of the molecule is COc1ccc(CN(C(=O)c2ccc(-n3nc(C)cc3C)cc2)C2CC2)cc1. The molecule has 0 unspecified atom stereocenters. The number of carbonyl (C=O) groups excluding carboxylic acids is 1. The second kappa shape index (κ2) is 7.50.